The number of hydrogen-bond acceptors (Lipinski definition) is 3. The minimum Gasteiger partial charge on any atom is -0.463 e. The molecule has 0 bridgehead atoms. The number of hydrogen-bond donors (Lipinski definition) is 0. The van der Waals surface area contributed by atoms with E-state index >= 15 is 0 Å². The molecule has 0 amide bonds. The molecule has 0 aliphatic carbocycles. The van der Waals surface area contributed by atoms with Gasteiger partial charge in [-0.2, -0.15) is 0 Å². The van der Waals surface area contributed by atoms with Gasteiger partial charge in [-0.3, -0.25) is 4.79 Å². The summed E-state index contributed by atoms with van der Waals surface area (Å²) < 4.78 is 10.3. The van der Waals surface area contributed by atoms with E-state index in [1.807, 2.05) is 18.2 Å². The van der Waals surface area contributed by atoms with Crippen molar-refractivity contribution in [3.63, 3.8) is 0 Å². The van der Waals surface area contributed by atoms with Gasteiger partial charge in [0.2, 0.25) is 0 Å². The highest BCUT2D eigenvalue weighted by Gasteiger charge is 2.18. The molecule has 0 aromatic heterocycles. The molecule has 0 N–H and O–H groups in total. The number of carbonyl (C=O) groups is 1. The third kappa shape index (κ3) is 3.42. The molecule has 0 aromatic carbocycles. The SMILES string of the molecule is C=CC[C@@H]1C=C[C@@H](COC(C)=O)O1. The van der Waals surface area contributed by atoms with Crippen molar-refractivity contribution < 1.29 is 14.3 Å². The molecule has 0 radical (unpaired) electrons. The van der Waals surface area contributed by atoms with Gasteiger partial charge in [0.25, 0.3) is 0 Å². The highest BCUT2D eigenvalue weighted by Crippen LogP contribution is 2.14. The fraction of sp³-hybridized carbons (Fsp3) is 0.500. The molecule has 1 heterocycles. The molecule has 0 saturated carbocycles. The summed E-state index contributed by atoms with van der Waals surface area (Å²) >= 11 is 0. The highest BCUT2D eigenvalue weighted by atomic mass is 16.6. The van der Waals surface area contributed by atoms with E-state index in [1.165, 1.54) is 6.92 Å². The second-order valence-corrected chi connectivity index (χ2v) is 2.92. The first-order chi connectivity index (χ1) is 6.22. The first kappa shape index (κ1) is 9.99. The van der Waals surface area contributed by atoms with E-state index in [2.05, 4.69) is 6.58 Å². The lowest BCUT2D eigenvalue weighted by Crippen LogP contribution is -2.19. The molecule has 0 saturated heterocycles. The predicted molar refractivity (Wildman–Crippen MR) is 49.2 cm³/mol. The third-order valence-corrected chi connectivity index (χ3v) is 1.74. The van der Waals surface area contributed by atoms with Crippen LogP contribution < -0.4 is 0 Å². The molecule has 13 heavy (non-hydrogen) atoms. The second kappa shape index (κ2) is 4.82. The first-order valence-corrected chi connectivity index (χ1v) is 4.30. The molecule has 1 rings (SSSR count). The standard InChI is InChI=1S/C10H14O3/c1-3-4-9-5-6-10(13-9)7-12-8(2)11/h3,5-6,9-10H,1,4,7H2,2H3/t9-,10+/m1/s1. The number of carbonyl (C=O) groups excluding carboxylic acids is 1. The zero-order chi connectivity index (χ0) is 9.68. The van der Waals surface area contributed by atoms with Gasteiger partial charge in [-0.1, -0.05) is 18.2 Å². The van der Waals surface area contributed by atoms with Crippen LogP contribution in [0.1, 0.15) is 13.3 Å². The maximum absolute atomic E-state index is 10.5. The lowest BCUT2D eigenvalue weighted by Gasteiger charge is -2.12. The van der Waals surface area contributed by atoms with Crippen LogP contribution in [-0.2, 0) is 14.3 Å². The molecule has 3 nitrogen and oxygen atoms in total. The second-order valence-electron chi connectivity index (χ2n) is 2.92. The Balaban J connectivity index is 2.22. The summed E-state index contributed by atoms with van der Waals surface area (Å²) in [5, 5.41) is 0. The molecule has 0 aromatic rings. The Morgan fingerprint density at radius 2 is 2.31 bits per heavy atom. The van der Waals surface area contributed by atoms with Crippen LogP contribution in [0, 0.1) is 0 Å². The Bertz CT molecular complexity index is 220. The van der Waals surface area contributed by atoms with Crippen molar-refractivity contribution >= 4 is 5.97 Å². The molecule has 1 aliphatic rings. The van der Waals surface area contributed by atoms with Crippen LogP contribution in [0.4, 0.5) is 0 Å². The van der Waals surface area contributed by atoms with Crippen molar-refractivity contribution in [1.29, 1.82) is 0 Å². The maximum atomic E-state index is 10.5. The number of ether oxygens (including phenoxy) is 2. The van der Waals surface area contributed by atoms with E-state index < -0.39 is 0 Å². The summed E-state index contributed by atoms with van der Waals surface area (Å²) in [6, 6.07) is 0. The summed E-state index contributed by atoms with van der Waals surface area (Å²) in [7, 11) is 0. The van der Waals surface area contributed by atoms with Gasteiger partial charge in [-0.05, 0) is 6.42 Å². The Morgan fingerprint density at radius 1 is 1.62 bits per heavy atom. The van der Waals surface area contributed by atoms with Crippen molar-refractivity contribution in [3.05, 3.63) is 24.8 Å². The van der Waals surface area contributed by atoms with Gasteiger partial charge in [0, 0.05) is 6.92 Å². The summed E-state index contributed by atoms with van der Waals surface area (Å²) in [4.78, 5) is 10.5. The van der Waals surface area contributed by atoms with Crippen molar-refractivity contribution in [3.8, 4) is 0 Å². The minimum atomic E-state index is -0.274. The normalized spacial score (nSPS) is 25.9. The third-order valence-electron chi connectivity index (χ3n) is 1.74. The number of rotatable bonds is 4. The zero-order valence-corrected chi connectivity index (χ0v) is 7.73. The van der Waals surface area contributed by atoms with Crippen LogP contribution >= 0.6 is 0 Å². The number of esters is 1. The maximum Gasteiger partial charge on any atom is 0.302 e. The topological polar surface area (TPSA) is 35.5 Å². The first-order valence-electron chi connectivity index (χ1n) is 4.30. The van der Waals surface area contributed by atoms with Crippen molar-refractivity contribution in [2.75, 3.05) is 6.61 Å². The van der Waals surface area contributed by atoms with Crippen LogP contribution in [0.5, 0.6) is 0 Å². The van der Waals surface area contributed by atoms with Gasteiger partial charge in [0.1, 0.15) is 12.7 Å². The molecule has 72 valence electrons. The molecule has 0 spiro atoms. The Labute approximate surface area is 78.0 Å². The van der Waals surface area contributed by atoms with E-state index in [4.69, 9.17) is 9.47 Å². The van der Waals surface area contributed by atoms with Gasteiger partial charge in [-0.15, -0.1) is 6.58 Å². The van der Waals surface area contributed by atoms with Crippen molar-refractivity contribution in [2.24, 2.45) is 0 Å². The Morgan fingerprint density at radius 3 is 2.92 bits per heavy atom. The minimum absolute atomic E-state index is 0.0890. The van der Waals surface area contributed by atoms with E-state index in [0.29, 0.717) is 6.61 Å². The van der Waals surface area contributed by atoms with E-state index in [9.17, 15) is 4.79 Å². The van der Waals surface area contributed by atoms with Crippen LogP contribution in [-0.4, -0.2) is 24.8 Å². The lowest BCUT2D eigenvalue weighted by atomic mass is 10.2. The van der Waals surface area contributed by atoms with Crippen LogP contribution in [0.25, 0.3) is 0 Å². The molecule has 1 aliphatic heterocycles. The Kier molecular flexibility index (Phi) is 3.71. The van der Waals surface area contributed by atoms with Gasteiger partial charge >= 0.3 is 5.97 Å². The van der Waals surface area contributed by atoms with Gasteiger partial charge < -0.3 is 9.47 Å². The fourth-order valence-corrected chi connectivity index (χ4v) is 1.16. The van der Waals surface area contributed by atoms with E-state index in [-0.39, 0.29) is 18.2 Å². The quantitative estimate of drug-likeness (QED) is 0.487. The molecular formula is C10H14O3. The largest absolute Gasteiger partial charge is 0.463 e. The van der Waals surface area contributed by atoms with Gasteiger partial charge in [0.05, 0.1) is 6.10 Å². The molecule has 0 fully saturated rings. The summed E-state index contributed by atoms with van der Waals surface area (Å²) in [5.74, 6) is -0.274. The van der Waals surface area contributed by atoms with Crippen molar-refractivity contribution in [2.45, 2.75) is 25.6 Å². The highest BCUT2D eigenvalue weighted by molar-refractivity contribution is 5.65. The summed E-state index contributed by atoms with van der Waals surface area (Å²) in [6.07, 6.45) is 6.50. The molecule has 3 heteroatoms. The van der Waals surface area contributed by atoms with Crippen LogP contribution in [0.2, 0.25) is 0 Å². The Hall–Kier alpha value is -1.09. The monoisotopic (exact) mass is 182 g/mol. The molecule has 0 unspecified atom stereocenters. The fourth-order valence-electron chi connectivity index (χ4n) is 1.16. The van der Waals surface area contributed by atoms with E-state index in [1.54, 1.807) is 0 Å². The average Bonchev–Trinajstić information content (AvgIpc) is 2.50. The lowest BCUT2D eigenvalue weighted by molar-refractivity contribution is -0.144. The zero-order valence-electron chi connectivity index (χ0n) is 7.73. The van der Waals surface area contributed by atoms with Gasteiger partial charge in [0.15, 0.2) is 0 Å². The van der Waals surface area contributed by atoms with Crippen LogP contribution in [0.3, 0.4) is 0 Å². The van der Waals surface area contributed by atoms with Crippen LogP contribution in [0.15, 0.2) is 24.8 Å². The summed E-state index contributed by atoms with van der Waals surface area (Å²) in [6.45, 7) is 5.32. The smallest absolute Gasteiger partial charge is 0.302 e. The average molecular weight is 182 g/mol. The molecule has 2 atom stereocenters. The summed E-state index contributed by atoms with van der Waals surface area (Å²) in [5.41, 5.74) is 0. The molecular weight excluding hydrogens is 168 g/mol. The van der Waals surface area contributed by atoms with Gasteiger partial charge in [-0.25, -0.2) is 0 Å². The van der Waals surface area contributed by atoms with Crippen molar-refractivity contribution in [1.82, 2.24) is 0 Å². The predicted octanol–water partition coefficient (Wildman–Crippen LogP) is 1.45. The van der Waals surface area contributed by atoms with E-state index in [0.717, 1.165) is 6.42 Å².